The lowest BCUT2D eigenvalue weighted by molar-refractivity contribution is 0.1000. The van der Waals surface area contributed by atoms with Crippen LogP contribution in [0.15, 0.2) is 41.0 Å². The average molecular weight is 371 g/mol. The van der Waals surface area contributed by atoms with Crippen LogP contribution >= 0.6 is 39.7 Å². The third-order valence-electron chi connectivity index (χ3n) is 2.51. The normalized spacial score (nSPS) is 10.1. The van der Waals surface area contributed by atoms with Gasteiger partial charge in [-0.15, -0.1) is 0 Å². The van der Waals surface area contributed by atoms with Crippen LogP contribution in [-0.4, -0.2) is 15.9 Å². The van der Waals surface area contributed by atoms with Gasteiger partial charge in [0.1, 0.15) is 10.1 Å². The lowest BCUT2D eigenvalue weighted by Crippen LogP contribution is -2.19. The number of nitrogens with two attached hydrogens (primary N) is 1. The van der Waals surface area contributed by atoms with Gasteiger partial charge in [0, 0.05) is 23.4 Å². The van der Waals surface area contributed by atoms with Crippen LogP contribution in [0, 0.1) is 0 Å². The molecule has 0 saturated heterocycles. The quantitative estimate of drug-likeness (QED) is 0.642. The van der Waals surface area contributed by atoms with Crippen molar-refractivity contribution in [3.8, 4) is 0 Å². The minimum absolute atomic E-state index is 0.335. The largest absolute Gasteiger partial charge is 0.366 e. The lowest BCUT2D eigenvalue weighted by Gasteiger charge is -2.12. The Morgan fingerprint density at radius 1 is 1.35 bits per heavy atom. The predicted octanol–water partition coefficient (Wildman–Crippen LogP) is 3.38. The van der Waals surface area contributed by atoms with Gasteiger partial charge in [0.2, 0.25) is 5.91 Å². The van der Waals surface area contributed by atoms with E-state index in [-0.39, 0.29) is 0 Å². The van der Waals surface area contributed by atoms with E-state index in [1.54, 1.807) is 36.5 Å². The molecule has 102 valence electrons. The van der Waals surface area contributed by atoms with Crippen LogP contribution in [0.5, 0.6) is 0 Å². The maximum absolute atomic E-state index is 11.4. The van der Waals surface area contributed by atoms with Crippen molar-refractivity contribution in [3.05, 3.63) is 57.3 Å². The van der Waals surface area contributed by atoms with Crippen molar-refractivity contribution >= 4 is 56.3 Å². The molecule has 20 heavy (non-hydrogen) atoms. The van der Waals surface area contributed by atoms with E-state index in [2.05, 4.69) is 26.2 Å². The number of anilines is 1. The zero-order valence-electron chi connectivity index (χ0n) is 10.1. The van der Waals surface area contributed by atoms with Gasteiger partial charge in [0.25, 0.3) is 0 Å². The van der Waals surface area contributed by atoms with Crippen molar-refractivity contribution in [2.24, 2.45) is 5.73 Å². The molecule has 1 aromatic heterocycles. The van der Waals surface area contributed by atoms with E-state index in [1.165, 1.54) is 0 Å². The maximum Gasteiger partial charge on any atom is 0.249 e. The van der Waals surface area contributed by atoms with Crippen LogP contribution in [0.25, 0.3) is 0 Å². The Bertz CT molecular complexity index is 693. The van der Waals surface area contributed by atoms with E-state index in [1.807, 2.05) is 0 Å². The van der Waals surface area contributed by atoms with Gasteiger partial charge < -0.3 is 11.1 Å². The predicted molar refractivity (Wildman–Crippen MR) is 87.2 cm³/mol. The van der Waals surface area contributed by atoms with Gasteiger partial charge in [-0.2, -0.15) is 0 Å². The third kappa shape index (κ3) is 3.33. The number of aromatic nitrogens is 1. The molecule has 0 bridgehead atoms. The molecule has 0 fully saturated rings. The zero-order valence-corrected chi connectivity index (χ0v) is 13.2. The Labute approximate surface area is 134 Å². The smallest absolute Gasteiger partial charge is 0.249 e. The standard InChI is InChI=1S/C13H9BrClN3OS/c14-9-6-17-11(15)5-10(9)18-13(20)8-4-2-1-3-7(8)12(16)19/h1-6H,(H2,16,19)(H,17,18,20). The summed E-state index contributed by atoms with van der Waals surface area (Å²) >= 11 is 14.5. The van der Waals surface area contributed by atoms with Gasteiger partial charge in [-0.25, -0.2) is 4.98 Å². The molecule has 0 aliphatic rings. The molecule has 0 spiro atoms. The number of carbonyl (C=O) groups is 1. The van der Waals surface area contributed by atoms with Crippen molar-refractivity contribution in [3.63, 3.8) is 0 Å². The second kappa shape index (κ2) is 6.30. The molecular formula is C13H9BrClN3OS. The summed E-state index contributed by atoms with van der Waals surface area (Å²) < 4.78 is 0.709. The fraction of sp³-hybridized carbons (Fsp3) is 0. The molecule has 1 aromatic carbocycles. The van der Waals surface area contributed by atoms with Crippen LogP contribution in [0.3, 0.4) is 0 Å². The molecule has 0 unspecified atom stereocenters. The summed E-state index contributed by atoms with van der Waals surface area (Å²) in [7, 11) is 0. The van der Waals surface area contributed by atoms with Crippen LogP contribution < -0.4 is 11.1 Å². The van der Waals surface area contributed by atoms with Crippen molar-refractivity contribution in [1.82, 2.24) is 4.98 Å². The SMILES string of the molecule is NC(=O)c1ccccc1C(=S)Nc1cc(Cl)ncc1Br. The van der Waals surface area contributed by atoms with Crippen molar-refractivity contribution < 1.29 is 4.79 Å². The van der Waals surface area contributed by atoms with Gasteiger partial charge in [0.15, 0.2) is 0 Å². The second-order valence-electron chi connectivity index (χ2n) is 3.85. The summed E-state index contributed by atoms with van der Waals surface area (Å²) in [5, 5.41) is 3.35. The number of primary amides is 1. The van der Waals surface area contributed by atoms with Gasteiger partial charge in [-0.1, -0.05) is 42.0 Å². The molecule has 7 heteroatoms. The summed E-state index contributed by atoms with van der Waals surface area (Å²) in [5.74, 6) is -0.531. The van der Waals surface area contributed by atoms with Crippen LogP contribution in [-0.2, 0) is 0 Å². The number of nitrogens with one attached hydrogen (secondary N) is 1. The maximum atomic E-state index is 11.4. The van der Waals surface area contributed by atoms with Crippen molar-refractivity contribution in [1.29, 1.82) is 0 Å². The average Bonchev–Trinajstić information content (AvgIpc) is 2.42. The van der Waals surface area contributed by atoms with Gasteiger partial charge in [-0.05, 0) is 22.0 Å². The molecule has 1 heterocycles. The molecule has 0 saturated carbocycles. The van der Waals surface area contributed by atoms with Crippen LogP contribution in [0.2, 0.25) is 5.15 Å². The minimum atomic E-state index is -0.531. The number of hydrogen-bond acceptors (Lipinski definition) is 3. The summed E-state index contributed by atoms with van der Waals surface area (Å²) in [6.07, 6.45) is 1.56. The van der Waals surface area contributed by atoms with E-state index in [0.29, 0.717) is 31.4 Å². The molecule has 3 N–H and O–H groups in total. The Hall–Kier alpha value is -1.50. The lowest BCUT2D eigenvalue weighted by atomic mass is 10.1. The van der Waals surface area contributed by atoms with Crippen molar-refractivity contribution in [2.45, 2.75) is 0 Å². The summed E-state index contributed by atoms with van der Waals surface area (Å²) in [6.45, 7) is 0. The van der Waals surface area contributed by atoms with E-state index in [0.717, 1.165) is 0 Å². The molecule has 1 amide bonds. The Balaban J connectivity index is 2.33. The summed E-state index contributed by atoms with van der Waals surface area (Å²) in [6, 6.07) is 8.49. The number of carbonyl (C=O) groups excluding carboxylic acids is 1. The fourth-order valence-corrected chi connectivity index (χ4v) is 2.36. The third-order valence-corrected chi connectivity index (χ3v) is 3.67. The number of halogens is 2. The number of benzene rings is 1. The molecule has 0 radical (unpaired) electrons. The van der Waals surface area contributed by atoms with Gasteiger partial charge >= 0.3 is 0 Å². The first-order chi connectivity index (χ1) is 9.49. The molecular weight excluding hydrogens is 362 g/mol. The number of pyridine rings is 1. The molecule has 0 atom stereocenters. The Morgan fingerprint density at radius 2 is 2.00 bits per heavy atom. The zero-order chi connectivity index (χ0) is 14.7. The highest BCUT2D eigenvalue weighted by atomic mass is 79.9. The summed E-state index contributed by atoms with van der Waals surface area (Å²) in [5.41, 5.74) is 6.92. The second-order valence-corrected chi connectivity index (χ2v) is 5.50. The number of nitrogens with zero attached hydrogens (tertiary/aromatic N) is 1. The Kier molecular flexibility index (Phi) is 4.69. The highest BCUT2D eigenvalue weighted by molar-refractivity contribution is 9.10. The van der Waals surface area contributed by atoms with E-state index in [9.17, 15) is 4.79 Å². The highest BCUT2D eigenvalue weighted by Gasteiger charge is 2.12. The summed E-state index contributed by atoms with van der Waals surface area (Å²) in [4.78, 5) is 15.7. The van der Waals surface area contributed by atoms with Crippen LogP contribution in [0.1, 0.15) is 15.9 Å². The number of hydrogen-bond donors (Lipinski definition) is 2. The number of rotatable bonds is 3. The van der Waals surface area contributed by atoms with Gasteiger partial charge in [0.05, 0.1) is 10.2 Å². The molecule has 2 aromatic rings. The number of amides is 1. The van der Waals surface area contributed by atoms with Crippen molar-refractivity contribution in [2.75, 3.05) is 5.32 Å². The van der Waals surface area contributed by atoms with E-state index in [4.69, 9.17) is 29.6 Å². The fourth-order valence-electron chi connectivity index (χ4n) is 1.59. The molecule has 2 rings (SSSR count). The monoisotopic (exact) mass is 369 g/mol. The molecule has 0 aliphatic heterocycles. The first-order valence-corrected chi connectivity index (χ1v) is 7.08. The van der Waals surface area contributed by atoms with Gasteiger partial charge in [-0.3, -0.25) is 4.79 Å². The van der Waals surface area contributed by atoms with E-state index < -0.39 is 5.91 Å². The highest BCUT2D eigenvalue weighted by Crippen LogP contribution is 2.25. The first-order valence-electron chi connectivity index (χ1n) is 5.50. The topological polar surface area (TPSA) is 68.0 Å². The van der Waals surface area contributed by atoms with Crippen LogP contribution in [0.4, 0.5) is 5.69 Å². The minimum Gasteiger partial charge on any atom is -0.366 e. The molecule has 4 nitrogen and oxygen atoms in total. The first kappa shape index (κ1) is 14.9. The number of thiocarbonyl (C=S) groups is 1. The molecule has 0 aliphatic carbocycles. The Morgan fingerprint density at radius 3 is 2.65 bits per heavy atom. The van der Waals surface area contributed by atoms with E-state index >= 15 is 0 Å².